The van der Waals surface area contributed by atoms with E-state index in [0.29, 0.717) is 19.1 Å². The number of carboxylic acid groups (broad SMARTS) is 1. The fourth-order valence-corrected chi connectivity index (χ4v) is 2.69. The van der Waals surface area contributed by atoms with Gasteiger partial charge in [-0.05, 0) is 31.4 Å². The quantitative estimate of drug-likeness (QED) is 0.718. The average Bonchev–Trinajstić information content (AvgIpc) is 2.45. The summed E-state index contributed by atoms with van der Waals surface area (Å²) in [6.45, 7) is 5.41. The molecule has 0 atom stereocenters. The van der Waals surface area contributed by atoms with Crippen molar-refractivity contribution in [2.75, 3.05) is 31.1 Å². The highest BCUT2D eigenvalue weighted by atomic mass is 16.4. The van der Waals surface area contributed by atoms with Gasteiger partial charge in [0.2, 0.25) is 0 Å². The molecule has 1 heterocycles. The number of amides is 1. The first-order valence-corrected chi connectivity index (χ1v) is 7.17. The van der Waals surface area contributed by atoms with Crippen LogP contribution in [0.1, 0.15) is 18.4 Å². The van der Waals surface area contributed by atoms with Gasteiger partial charge in [-0.3, -0.25) is 0 Å². The minimum atomic E-state index is -0.957. The summed E-state index contributed by atoms with van der Waals surface area (Å²) in [6, 6.07) is 8.98. The van der Waals surface area contributed by atoms with Crippen LogP contribution in [0.3, 0.4) is 0 Å². The Bertz CT molecular complexity index is 442. The lowest BCUT2D eigenvalue weighted by Gasteiger charge is -2.35. The maximum atomic E-state index is 10.3. The molecule has 1 fully saturated rings. The highest BCUT2D eigenvalue weighted by molar-refractivity contribution is 5.64. The summed E-state index contributed by atoms with van der Waals surface area (Å²) in [6.07, 6.45) is 1.24. The first-order chi connectivity index (χ1) is 9.66. The highest BCUT2D eigenvalue weighted by Gasteiger charge is 2.19. The molecule has 1 aliphatic rings. The molecule has 0 spiro atoms. The molecule has 3 N–H and O–H groups in total. The van der Waals surface area contributed by atoms with Crippen LogP contribution in [0.25, 0.3) is 0 Å². The number of benzene rings is 1. The highest BCUT2D eigenvalue weighted by Crippen LogP contribution is 2.23. The minimum absolute atomic E-state index is 0.466. The van der Waals surface area contributed by atoms with Crippen LogP contribution < -0.4 is 15.5 Å². The second kappa shape index (κ2) is 7.14. The molecule has 0 saturated carbocycles. The van der Waals surface area contributed by atoms with E-state index in [2.05, 4.69) is 46.7 Å². The monoisotopic (exact) mass is 277 g/mol. The molecule has 0 bridgehead atoms. The van der Waals surface area contributed by atoms with Crippen molar-refractivity contribution in [1.82, 2.24) is 10.6 Å². The summed E-state index contributed by atoms with van der Waals surface area (Å²) in [5.74, 6) is 0. The van der Waals surface area contributed by atoms with E-state index in [1.165, 1.54) is 11.3 Å². The van der Waals surface area contributed by atoms with Crippen LogP contribution in [0.4, 0.5) is 10.5 Å². The van der Waals surface area contributed by atoms with Gasteiger partial charge in [-0.1, -0.05) is 18.2 Å². The van der Waals surface area contributed by atoms with Crippen molar-refractivity contribution in [3.8, 4) is 0 Å². The molecular formula is C15H23N3O2. The maximum Gasteiger partial charge on any atom is 0.404 e. The van der Waals surface area contributed by atoms with Crippen LogP contribution in [0, 0.1) is 6.92 Å². The Labute approximate surface area is 120 Å². The molecule has 1 amide bonds. The molecule has 1 aromatic carbocycles. The second-order valence-electron chi connectivity index (χ2n) is 5.23. The van der Waals surface area contributed by atoms with E-state index in [9.17, 15) is 4.79 Å². The first-order valence-electron chi connectivity index (χ1n) is 7.17. The number of aryl methyl sites for hydroxylation is 1. The molecule has 5 nitrogen and oxygen atoms in total. The number of anilines is 1. The van der Waals surface area contributed by atoms with Crippen molar-refractivity contribution in [2.45, 2.75) is 25.8 Å². The fraction of sp³-hybridized carbons (Fsp3) is 0.533. The molecular weight excluding hydrogens is 254 g/mol. The molecule has 0 aliphatic carbocycles. The Morgan fingerprint density at radius 2 is 2.00 bits per heavy atom. The van der Waals surface area contributed by atoms with Gasteiger partial charge in [0.15, 0.2) is 0 Å². The number of nitrogens with one attached hydrogen (secondary N) is 2. The topological polar surface area (TPSA) is 64.6 Å². The number of nitrogens with zero attached hydrogens (tertiary/aromatic N) is 1. The Morgan fingerprint density at radius 3 is 2.65 bits per heavy atom. The predicted octanol–water partition coefficient (Wildman–Crippen LogP) is 1.82. The van der Waals surface area contributed by atoms with E-state index < -0.39 is 6.09 Å². The third kappa shape index (κ3) is 4.13. The largest absolute Gasteiger partial charge is 0.465 e. The number of carbonyl (C=O) groups is 1. The Kier molecular flexibility index (Phi) is 5.24. The minimum Gasteiger partial charge on any atom is -0.465 e. The maximum absolute atomic E-state index is 10.3. The smallest absolute Gasteiger partial charge is 0.404 e. The normalized spacial score (nSPS) is 16.1. The average molecular weight is 277 g/mol. The standard InChI is InChI=1S/C15H23N3O2/c1-12-4-2-3-5-14(12)18-10-6-13(7-11-18)16-8-9-17-15(19)20/h2-5,13,16-17H,6-11H2,1H3,(H,19,20). The molecule has 1 aromatic rings. The van der Waals surface area contributed by atoms with E-state index in [-0.39, 0.29) is 0 Å². The van der Waals surface area contributed by atoms with Crippen LogP contribution in [0.2, 0.25) is 0 Å². The van der Waals surface area contributed by atoms with Crippen LogP contribution in [0.15, 0.2) is 24.3 Å². The Morgan fingerprint density at radius 1 is 1.30 bits per heavy atom. The van der Waals surface area contributed by atoms with Gasteiger partial charge in [-0.15, -0.1) is 0 Å². The zero-order chi connectivity index (χ0) is 14.4. The lowest BCUT2D eigenvalue weighted by atomic mass is 10.0. The number of hydrogen-bond donors (Lipinski definition) is 3. The Hall–Kier alpha value is -1.75. The van der Waals surface area contributed by atoms with E-state index in [0.717, 1.165) is 25.9 Å². The zero-order valence-electron chi connectivity index (χ0n) is 11.9. The van der Waals surface area contributed by atoms with Gasteiger partial charge in [-0.25, -0.2) is 4.79 Å². The summed E-state index contributed by atoms with van der Waals surface area (Å²) in [7, 11) is 0. The fourth-order valence-electron chi connectivity index (χ4n) is 2.69. The van der Waals surface area contributed by atoms with Crippen molar-refractivity contribution in [1.29, 1.82) is 0 Å². The summed E-state index contributed by atoms with van der Waals surface area (Å²) in [5.41, 5.74) is 2.66. The third-order valence-electron chi connectivity index (χ3n) is 3.79. The van der Waals surface area contributed by atoms with E-state index in [1.54, 1.807) is 0 Å². The van der Waals surface area contributed by atoms with Crippen LogP contribution in [-0.2, 0) is 0 Å². The molecule has 0 aromatic heterocycles. The zero-order valence-corrected chi connectivity index (χ0v) is 11.9. The van der Waals surface area contributed by atoms with Crippen LogP contribution >= 0.6 is 0 Å². The predicted molar refractivity (Wildman–Crippen MR) is 80.4 cm³/mol. The first kappa shape index (κ1) is 14.7. The SMILES string of the molecule is Cc1ccccc1N1CCC(NCCNC(=O)O)CC1. The van der Waals surface area contributed by atoms with E-state index in [4.69, 9.17) is 5.11 Å². The summed E-state index contributed by atoms with van der Waals surface area (Å²) >= 11 is 0. The number of para-hydroxylation sites is 1. The number of rotatable bonds is 5. The molecule has 20 heavy (non-hydrogen) atoms. The molecule has 1 saturated heterocycles. The Balaban J connectivity index is 1.73. The lowest BCUT2D eigenvalue weighted by Crippen LogP contribution is -2.44. The van der Waals surface area contributed by atoms with Gasteiger partial charge < -0.3 is 20.6 Å². The van der Waals surface area contributed by atoms with E-state index in [1.807, 2.05) is 0 Å². The van der Waals surface area contributed by atoms with Gasteiger partial charge in [0, 0.05) is 37.9 Å². The summed E-state index contributed by atoms with van der Waals surface area (Å²) in [5, 5.41) is 14.3. The molecule has 5 heteroatoms. The molecule has 1 aliphatic heterocycles. The van der Waals surface area contributed by atoms with Gasteiger partial charge in [-0.2, -0.15) is 0 Å². The van der Waals surface area contributed by atoms with Crippen molar-refractivity contribution < 1.29 is 9.90 Å². The molecule has 110 valence electrons. The van der Waals surface area contributed by atoms with Gasteiger partial charge >= 0.3 is 6.09 Å². The molecule has 2 rings (SSSR count). The summed E-state index contributed by atoms with van der Waals surface area (Å²) < 4.78 is 0. The number of piperidine rings is 1. The third-order valence-corrected chi connectivity index (χ3v) is 3.79. The van der Waals surface area contributed by atoms with Crippen molar-refractivity contribution in [2.24, 2.45) is 0 Å². The van der Waals surface area contributed by atoms with Crippen molar-refractivity contribution >= 4 is 11.8 Å². The van der Waals surface area contributed by atoms with Gasteiger partial charge in [0.1, 0.15) is 0 Å². The van der Waals surface area contributed by atoms with Crippen LogP contribution in [0.5, 0.6) is 0 Å². The van der Waals surface area contributed by atoms with Crippen molar-refractivity contribution in [3.63, 3.8) is 0 Å². The number of hydrogen-bond acceptors (Lipinski definition) is 3. The lowest BCUT2D eigenvalue weighted by molar-refractivity contribution is 0.194. The second-order valence-corrected chi connectivity index (χ2v) is 5.23. The summed E-state index contributed by atoms with van der Waals surface area (Å²) in [4.78, 5) is 12.8. The van der Waals surface area contributed by atoms with Crippen LogP contribution in [-0.4, -0.2) is 43.4 Å². The molecule has 0 radical (unpaired) electrons. The van der Waals surface area contributed by atoms with Gasteiger partial charge in [0.25, 0.3) is 0 Å². The van der Waals surface area contributed by atoms with Crippen molar-refractivity contribution in [3.05, 3.63) is 29.8 Å². The molecule has 0 unspecified atom stereocenters. The van der Waals surface area contributed by atoms with Gasteiger partial charge in [0.05, 0.1) is 0 Å². The van der Waals surface area contributed by atoms with E-state index >= 15 is 0 Å².